The molecule has 0 N–H and O–H groups in total. The van der Waals surface area contributed by atoms with Gasteiger partial charge in [0.15, 0.2) is 12.5 Å². The normalized spacial score (nSPS) is 20.7. The van der Waals surface area contributed by atoms with Gasteiger partial charge in [-0.1, -0.05) is 10.4 Å². The largest absolute Gasteiger partial charge is 0.424 e. The minimum absolute atomic E-state index is 0.370. The smallest absolute Gasteiger partial charge is 0.411 e. The average Bonchev–Trinajstić information content (AvgIpc) is 3.73. The number of aromatic nitrogens is 6. The third-order valence-electron chi connectivity index (χ3n) is 6.13. The van der Waals surface area contributed by atoms with Crippen molar-refractivity contribution >= 4 is 12.2 Å². The molecule has 32 heavy (non-hydrogen) atoms. The van der Waals surface area contributed by atoms with E-state index in [1.165, 1.54) is 0 Å². The van der Waals surface area contributed by atoms with Gasteiger partial charge in [0.05, 0.1) is 23.8 Å². The van der Waals surface area contributed by atoms with Crippen LogP contribution in [0.15, 0.2) is 12.4 Å². The third-order valence-corrected chi connectivity index (χ3v) is 6.13. The van der Waals surface area contributed by atoms with E-state index in [9.17, 15) is 9.59 Å². The maximum Gasteiger partial charge on any atom is 0.411 e. The lowest BCUT2D eigenvalue weighted by Crippen LogP contribution is -2.51. The van der Waals surface area contributed by atoms with Crippen molar-refractivity contribution in [2.45, 2.75) is 63.8 Å². The molecule has 0 spiro atoms. The van der Waals surface area contributed by atoms with Gasteiger partial charge in [-0.05, 0) is 39.5 Å². The van der Waals surface area contributed by atoms with Crippen LogP contribution in [0.5, 0.6) is 0 Å². The van der Waals surface area contributed by atoms with Gasteiger partial charge in [-0.3, -0.25) is 0 Å². The van der Waals surface area contributed by atoms with E-state index in [4.69, 9.17) is 9.47 Å². The van der Waals surface area contributed by atoms with E-state index in [0.29, 0.717) is 38.0 Å². The molecule has 0 bridgehead atoms. The summed E-state index contributed by atoms with van der Waals surface area (Å²) in [5.41, 5.74) is 1.90. The molecule has 3 aliphatic rings. The van der Waals surface area contributed by atoms with Crippen LogP contribution in [0.1, 0.15) is 75.2 Å². The standard InChI is InChI=1S/C20H28N8O4/c1-13(27-11-17(21-23-27)15-3-4-15)31-19(29)25-7-9-26(10-8-25)20(30)32-14(2)28-12-18(22-24-28)16-5-6-16/h11-16H,3-10H2,1-2H3/t13-,14-/m1/s1. The Bertz CT molecular complexity index is 896. The molecule has 3 fully saturated rings. The Morgan fingerprint density at radius 2 is 1.16 bits per heavy atom. The van der Waals surface area contributed by atoms with E-state index in [2.05, 4.69) is 20.6 Å². The highest BCUT2D eigenvalue weighted by atomic mass is 16.6. The number of amides is 2. The van der Waals surface area contributed by atoms with Crippen LogP contribution < -0.4 is 0 Å². The maximum absolute atomic E-state index is 12.5. The number of hydrogen-bond acceptors (Lipinski definition) is 8. The molecule has 12 nitrogen and oxygen atoms in total. The van der Waals surface area contributed by atoms with Crippen LogP contribution in [0, 0.1) is 0 Å². The Kier molecular flexibility index (Phi) is 5.43. The van der Waals surface area contributed by atoms with Crippen molar-refractivity contribution in [3.05, 3.63) is 23.8 Å². The second-order valence-corrected chi connectivity index (χ2v) is 8.74. The van der Waals surface area contributed by atoms with Gasteiger partial charge in [-0.2, -0.15) is 0 Å². The number of nitrogens with zero attached hydrogens (tertiary/aromatic N) is 8. The Labute approximate surface area is 185 Å². The number of rotatable bonds is 6. The highest BCUT2D eigenvalue weighted by Crippen LogP contribution is 2.39. The lowest BCUT2D eigenvalue weighted by molar-refractivity contribution is 0.00515. The van der Waals surface area contributed by atoms with Gasteiger partial charge < -0.3 is 19.3 Å². The number of carbonyl (C=O) groups excluding carboxylic acids is 2. The van der Waals surface area contributed by atoms with Gasteiger partial charge in [-0.15, -0.1) is 10.2 Å². The highest BCUT2D eigenvalue weighted by Gasteiger charge is 2.31. The van der Waals surface area contributed by atoms with Crippen LogP contribution in [-0.2, 0) is 9.47 Å². The van der Waals surface area contributed by atoms with E-state index in [0.717, 1.165) is 37.1 Å². The molecule has 2 aromatic heterocycles. The molecule has 2 aliphatic carbocycles. The first-order chi connectivity index (χ1) is 15.5. The summed E-state index contributed by atoms with van der Waals surface area (Å²) in [5.74, 6) is 0.985. The molecule has 12 heteroatoms. The monoisotopic (exact) mass is 444 g/mol. The van der Waals surface area contributed by atoms with Gasteiger partial charge in [-0.25, -0.2) is 19.0 Å². The summed E-state index contributed by atoms with van der Waals surface area (Å²) in [5, 5.41) is 16.4. The molecule has 1 aliphatic heterocycles. The Hall–Kier alpha value is -3.18. The van der Waals surface area contributed by atoms with Crippen LogP contribution in [-0.4, -0.2) is 78.2 Å². The highest BCUT2D eigenvalue weighted by molar-refractivity contribution is 5.70. The summed E-state index contributed by atoms with van der Waals surface area (Å²) in [6.45, 7) is 5.00. The zero-order valence-corrected chi connectivity index (χ0v) is 18.3. The fourth-order valence-corrected chi connectivity index (χ4v) is 3.69. The third kappa shape index (κ3) is 4.53. The molecule has 2 amide bonds. The predicted octanol–water partition coefficient (Wildman–Crippen LogP) is 2.25. The first-order valence-corrected chi connectivity index (χ1v) is 11.2. The van der Waals surface area contributed by atoms with Crippen molar-refractivity contribution in [1.29, 1.82) is 0 Å². The molecular weight excluding hydrogens is 416 g/mol. The van der Waals surface area contributed by atoms with Crippen molar-refractivity contribution in [3.63, 3.8) is 0 Å². The van der Waals surface area contributed by atoms with Crippen molar-refractivity contribution in [1.82, 2.24) is 39.8 Å². The maximum atomic E-state index is 12.5. The summed E-state index contributed by atoms with van der Waals surface area (Å²) >= 11 is 0. The van der Waals surface area contributed by atoms with Crippen molar-refractivity contribution in [3.8, 4) is 0 Å². The molecular formula is C20H28N8O4. The first kappa shape index (κ1) is 20.7. The van der Waals surface area contributed by atoms with E-state index in [1.807, 2.05) is 12.4 Å². The van der Waals surface area contributed by atoms with Gasteiger partial charge in [0.25, 0.3) is 0 Å². The zero-order valence-electron chi connectivity index (χ0n) is 18.3. The topological polar surface area (TPSA) is 120 Å². The number of ether oxygens (including phenoxy) is 2. The molecule has 0 radical (unpaired) electrons. The van der Waals surface area contributed by atoms with Gasteiger partial charge >= 0.3 is 12.2 Å². The van der Waals surface area contributed by atoms with Crippen LogP contribution in [0.3, 0.4) is 0 Å². The summed E-state index contributed by atoms with van der Waals surface area (Å²) in [4.78, 5) is 28.2. The Morgan fingerprint density at radius 1 is 0.781 bits per heavy atom. The van der Waals surface area contributed by atoms with Crippen LogP contribution >= 0.6 is 0 Å². The van der Waals surface area contributed by atoms with E-state index in [-0.39, 0.29) is 0 Å². The predicted molar refractivity (Wildman–Crippen MR) is 110 cm³/mol. The Balaban J connectivity index is 1.07. The molecule has 0 unspecified atom stereocenters. The quantitative estimate of drug-likeness (QED) is 0.665. The number of piperazine rings is 1. The fraction of sp³-hybridized carbons (Fsp3) is 0.700. The van der Waals surface area contributed by atoms with Crippen molar-refractivity contribution in [2.75, 3.05) is 26.2 Å². The van der Waals surface area contributed by atoms with Gasteiger partial charge in [0.1, 0.15) is 0 Å². The summed E-state index contributed by atoms with van der Waals surface area (Å²) in [6.07, 6.45) is 6.27. The van der Waals surface area contributed by atoms with Crippen LogP contribution in [0.2, 0.25) is 0 Å². The van der Waals surface area contributed by atoms with E-state index < -0.39 is 24.6 Å². The Morgan fingerprint density at radius 3 is 1.50 bits per heavy atom. The molecule has 5 rings (SSSR count). The van der Waals surface area contributed by atoms with Crippen molar-refractivity contribution < 1.29 is 19.1 Å². The van der Waals surface area contributed by atoms with E-state index >= 15 is 0 Å². The van der Waals surface area contributed by atoms with Crippen LogP contribution in [0.25, 0.3) is 0 Å². The molecule has 1 saturated heterocycles. The van der Waals surface area contributed by atoms with E-state index in [1.54, 1.807) is 33.0 Å². The van der Waals surface area contributed by atoms with Gasteiger partial charge in [0, 0.05) is 38.0 Å². The molecule has 2 aromatic rings. The molecule has 0 aromatic carbocycles. The molecule has 2 saturated carbocycles. The molecule has 3 heterocycles. The molecule has 172 valence electrons. The van der Waals surface area contributed by atoms with Crippen molar-refractivity contribution in [2.24, 2.45) is 0 Å². The summed E-state index contributed by atoms with van der Waals surface area (Å²) in [7, 11) is 0. The second-order valence-electron chi connectivity index (χ2n) is 8.74. The second kappa shape index (κ2) is 8.40. The minimum Gasteiger partial charge on any atom is -0.424 e. The minimum atomic E-state index is -0.547. The zero-order chi connectivity index (χ0) is 22.2. The lowest BCUT2D eigenvalue weighted by atomic mass is 10.3. The first-order valence-electron chi connectivity index (χ1n) is 11.2. The summed E-state index contributed by atoms with van der Waals surface area (Å²) < 4.78 is 14.2. The average molecular weight is 444 g/mol. The number of carbonyl (C=O) groups is 2. The van der Waals surface area contributed by atoms with Crippen LogP contribution in [0.4, 0.5) is 9.59 Å². The molecule has 2 atom stereocenters. The lowest BCUT2D eigenvalue weighted by Gasteiger charge is -2.34. The number of hydrogen-bond donors (Lipinski definition) is 0. The summed E-state index contributed by atoms with van der Waals surface area (Å²) in [6, 6.07) is 0. The van der Waals surface area contributed by atoms with Gasteiger partial charge in [0.2, 0.25) is 0 Å². The SMILES string of the molecule is C[C@@H](OC(=O)N1CCN(C(=O)O[C@H](C)n2cc(C3CC3)nn2)CC1)n1cc(C2CC2)nn1. The fourth-order valence-electron chi connectivity index (χ4n) is 3.69.